The number of ether oxygens (including phenoxy) is 1. The zero-order chi connectivity index (χ0) is 16.9. The van der Waals surface area contributed by atoms with Gasteiger partial charge in [-0.25, -0.2) is 0 Å². The summed E-state index contributed by atoms with van der Waals surface area (Å²) >= 11 is 12.4. The van der Waals surface area contributed by atoms with E-state index in [-0.39, 0.29) is 5.91 Å². The van der Waals surface area contributed by atoms with E-state index in [1.54, 1.807) is 30.3 Å². The number of hydrogen-bond donors (Lipinski definition) is 2. The van der Waals surface area contributed by atoms with Crippen LogP contribution >= 0.6 is 23.2 Å². The smallest absolute Gasteiger partial charge is 0.256 e. The van der Waals surface area contributed by atoms with Crippen LogP contribution in [0.4, 0.5) is 0 Å². The standard InChI is InChI=1S/C18H18Cl2N2O2/c19-13-6-1-2-8-15(13)24-16-9-3-7-14(20)17(16)18(23)22-11-12-5-4-10-21-12/h1-3,6-9,12,21H,4-5,10-11H2,(H,22,23). The van der Waals surface area contributed by atoms with Crippen molar-refractivity contribution in [2.45, 2.75) is 18.9 Å². The van der Waals surface area contributed by atoms with Crippen LogP contribution in [-0.2, 0) is 0 Å². The second kappa shape index (κ2) is 7.88. The van der Waals surface area contributed by atoms with Crippen molar-refractivity contribution in [1.82, 2.24) is 10.6 Å². The molecule has 1 unspecified atom stereocenters. The number of para-hydroxylation sites is 1. The Bertz CT molecular complexity index is 731. The number of carbonyl (C=O) groups excluding carboxylic acids is 1. The highest BCUT2D eigenvalue weighted by atomic mass is 35.5. The van der Waals surface area contributed by atoms with Crippen LogP contribution in [0.15, 0.2) is 42.5 Å². The lowest BCUT2D eigenvalue weighted by atomic mass is 10.1. The minimum absolute atomic E-state index is 0.253. The van der Waals surface area contributed by atoms with Crippen molar-refractivity contribution in [2.24, 2.45) is 0 Å². The summed E-state index contributed by atoms with van der Waals surface area (Å²) in [5.74, 6) is 0.608. The number of amides is 1. The van der Waals surface area contributed by atoms with E-state index < -0.39 is 0 Å². The van der Waals surface area contributed by atoms with Gasteiger partial charge < -0.3 is 15.4 Å². The summed E-state index contributed by atoms with van der Waals surface area (Å²) in [6.07, 6.45) is 2.19. The molecule has 0 saturated carbocycles. The van der Waals surface area contributed by atoms with Gasteiger partial charge >= 0.3 is 0 Å². The fourth-order valence-electron chi connectivity index (χ4n) is 2.69. The van der Waals surface area contributed by atoms with Crippen molar-refractivity contribution in [3.05, 3.63) is 58.1 Å². The van der Waals surface area contributed by atoms with Crippen molar-refractivity contribution in [2.75, 3.05) is 13.1 Å². The maximum Gasteiger partial charge on any atom is 0.256 e. The van der Waals surface area contributed by atoms with E-state index in [0.717, 1.165) is 19.4 Å². The predicted molar refractivity (Wildman–Crippen MR) is 96.3 cm³/mol. The maximum absolute atomic E-state index is 12.6. The van der Waals surface area contributed by atoms with Crippen LogP contribution in [0.3, 0.4) is 0 Å². The molecule has 1 fully saturated rings. The summed E-state index contributed by atoms with van der Waals surface area (Å²) < 4.78 is 5.82. The van der Waals surface area contributed by atoms with Gasteiger partial charge in [0.15, 0.2) is 0 Å². The molecule has 1 aliphatic rings. The fourth-order valence-corrected chi connectivity index (χ4v) is 3.12. The summed E-state index contributed by atoms with van der Waals surface area (Å²) in [7, 11) is 0. The summed E-state index contributed by atoms with van der Waals surface area (Å²) in [6.45, 7) is 1.56. The molecule has 0 spiro atoms. The Kier molecular flexibility index (Phi) is 5.61. The van der Waals surface area contributed by atoms with Gasteiger partial charge in [0.2, 0.25) is 0 Å². The molecule has 1 atom stereocenters. The van der Waals surface area contributed by atoms with Gasteiger partial charge in [-0.05, 0) is 43.7 Å². The Morgan fingerprint density at radius 3 is 2.62 bits per heavy atom. The molecule has 0 aliphatic carbocycles. The molecule has 6 heteroatoms. The zero-order valence-corrected chi connectivity index (χ0v) is 14.5. The number of hydrogen-bond acceptors (Lipinski definition) is 3. The average Bonchev–Trinajstić information content (AvgIpc) is 3.08. The molecule has 3 rings (SSSR count). The molecule has 0 aromatic heterocycles. The average molecular weight is 365 g/mol. The van der Waals surface area contributed by atoms with Crippen LogP contribution in [0, 0.1) is 0 Å². The molecule has 0 radical (unpaired) electrons. The van der Waals surface area contributed by atoms with E-state index in [0.29, 0.717) is 39.7 Å². The molecule has 2 aromatic carbocycles. The first kappa shape index (κ1) is 17.1. The van der Waals surface area contributed by atoms with Gasteiger partial charge in [0.1, 0.15) is 17.1 Å². The Balaban J connectivity index is 1.79. The third-order valence-electron chi connectivity index (χ3n) is 3.93. The van der Waals surface area contributed by atoms with Crippen LogP contribution in [0.2, 0.25) is 10.0 Å². The number of halogens is 2. The topological polar surface area (TPSA) is 50.4 Å². The first-order valence-electron chi connectivity index (χ1n) is 7.87. The molecule has 1 saturated heterocycles. The molecule has 0 bridgehead atoms. The van der Waals surface area contributed by atoms with Crippen molar-refractivity contribution >= 4 is 29.1 Å². The Labute approximate surface area is 151 Å². The zero-order valence-electron chi connectivity index (χ0n) is 13.0. The predicted octanol–water partition coefficient (Wildman–Crippen LogP) is 4.27. The van der Waals surface area contributed by atoms with Crippen LogP contribution in [0.1, 0.15) is 23.2 Å². The lowest BCUT2D eigenvalue weighted by Crippen LogP contribution is -2.37. The summed E-state index contributed by atoms with van der Waals surface area (Å²) in [4.78, 5) is 12.6. The summed E-state index contributed by atoms with van der Waals surface area (Å²) in [5.41, 5.74) is 0.317. The molecular weight excluding hydrogens is 347 g/mol. The van der Waals surface area contributed by atoms with E-state index in [1.165, 1.54) is 0 Å². The van der Waals surface area contributed by atoms with Gasteiger partial charge in [0.25, 0.3) is 5.91 Å². The monoisotopic (exact) mass is 364 g/mol. The quantitative estimate of drug-likeness (QED) is 0.832. The lowest BCUT2D eigenvalue weighted by molar-refractivity contribution is 0.0948. The van der Waals surface area contributed by atoms with E-state index >= 15 is 0 Å². The lowest BCUT2D eigenvalue weighted by Gasteiger charge is -2.15. The number of carbonyl (C=O) groups is 1. The van der Waals surface area contributed by atoms with Crippen molar-refractivity contribution in [1.29, 1.82) is 0 Å². The SMILES string of the molecule is O=C(NCC1CCCN1)c1c(Cl)cccc1Oc1ccccc1Cl. The first-order valence-corrected chi connectivity index (χ1v) is 8.63. The second-order valence-corrected chi connectivity index (χ2v) is 6.46. The van der Waals surface area contributed by atoms with Gasteiger partial charge in [-0.15, -0.1) is 0 Å². The van der Waals surface area contributed by atoms with Gasteiger partial charge in [0, 0.05) is 12.6 Å². The maximum atomic E-state index is 12.6. The molecular formula is C18H18Cl2N2O2. The second-order valence-electron chi connectivity index (χ2n) is 5.65. The fraction of sp³-hybridized carbons (Fsp3) is 0.278. The van der Waals surface area contributed by atoms with Gasteiger partial charge in [-0.1, -0.05) is 41.4 Å². The Hall–Kier alpha value is -1.75. The van der Waals surface area contributed by atoms with E-state index in [2.05, 4.69) is 10.6 Å². The highest BCUT2D eigenvalue weighted by Crippen LogP contribution is 2.33. The Morgan fingerprint density at radius 1 is 1.12 bits per heavy atom. The molecule has 4 nitrogen and oxygen atoms in total. The molecule has 1 heterocycles. The highest BCUT2D eigenvalue weighted by molar-refractivity contribution is 6.34. The molecule has 24 heavy (non-hydrogen) atoms. The normalized spacial score (nSPS) is 16.8. The number of rotatable bonds is 5. The number of nitrogens with one attached hydrogen (secondary N) is 2. The molecule has 1 aliphatic heterocycles. The third kappa shape index (κ3) is 4.01. The van der Waals surface area contributed by atoms with Crippen LogP contribution < -0.4 is 15.4 Å². The molecule has 1 amide bonds. The largest absolute Gasteiger partial charge is 0.455 e. The van der Waals surface area contributed by atoms with Crippen LogP contribution in [0.25, 0.3) is 0 Å². The summed E-state index contributed by atoms with van der Waals surface area (Å²) in [5, 5.41) is 7.08. The van der Waals surface area contributed by atoms with Crippen molar-refractivity contribution in [3.63, 3.8) is 0 Å². The van der Waals surface area contributed by atoms with Crippen LogP contribution in [0.5, 0.6) is 11.5 Å². The van der Waals surface area contributed by atoms with Crippen molar-refractivity contribution in [3.8, 4) is 11.5 Å². The minimum Gasteiger partial charge on any atom is -0.455 e. The third-order valence-corrected chi connectivity index (χ3v) is 4.56. The highest BCUT2D eigenvalue weighted by Gasteiger charge is 2.20. The van der Waals surface area contributed by atoms with E-state index in [4.69, 9.17) is 27.9 Å². The van der Waals surface area contributed by atoms with Crippen molar-refractivity contribution < 1.29 is 9.53 Å². The van der Waals surface area contributed by atoms with E-state index in [1.807, 2.05) is 12.1 Å². The Morgan fingerprint density at radius 2 is 1.88 bits per heavy atom. The summed E-state index contributed by atoms with van der Waals surface area (Å²) in [6, 6.07) is 12.5. The molecule has 2 aromatic rings. The minimum atomic E-state index is -0.253. The van der Waals surface area contributed by atoms with Crippen LogP contribution in [-0.4, -0.2) is 25.0 Å². The molecule has 2 N–H and O–H groups in total. The van der Waals surface area contributed by atoms with E-state index in [9.17, 15) is 4.79 Å². The molecule has 126 valence electrons. The van der Waals surface area contributed by atoms with Gasteiger partial charge in [-0.2, -0.15) is 0 Å². The van der Waals surface area contributed by atoms with Gasteiger partial charge in [0.05, 0.1) is 10.0 Å². The number of benzene rings is 2. The van der Waals surface area contributed by atoms with Gasteiger partial charge in [-0.3, -0.25) is 4.79 Å². The first-order chi connectivity index (χ1) is 11.6.